The molecule has 9 heteroatoms. The number of hydrogen-bond acceptors (Lipinski definition) is 4. The zero-order chi connectivity index (χ0) is 20.3. The van der Waals surface area contributed by atoms with Crippen LogP contribution in [-0.2, 0) is 6.18 Å². The van der Waals surface area contributed by atoms with Crippen molar-refractivity contribution < 1.29 is 18.0 Å². The second-order valence-corrected chi connectivity index (χ2v) is 5.87. The van der Waals surface area contributed by atoms with Gasteiger partial charge in [-0.15, -0.1) is 0 Å². The molecule has 144 valence electrons. The van der Waals surface area contributed by atoms with E-state index in [4.69, 9.17) is 0 Å². The number of carbonyl (C=O) groups is 1. The van der Waals surface area contributed by atoms with Crippen molar-refractivity contribution in [1.29, 1.82) is 0 Å². The van der Waals surface area contributed by atoms with E-state index in [1.807, 2.05) is 0 Å². The van der Waals surface area contributed by atoms with E-state index in [1.165, 1.54) is 22.9 Å². The summed E-state index contributed by atoms with van der Waals surface area (Å²) in [6.07, 6.45) is -4.60. The molecule has 0 fully saturated rings. The second kappa shape index (κ2) is 7.55. The highest BCUT2D eigenvalue weighted by molar-refractivity contribution is 5.92. The van der Waals surface area contributed by atoms with Gasteiger partial charge in [0, 0.05) is 11.8 Å². The topological polar surface area (TPSA) is 76.0 Å². The predicted molar refractivity (Wildman–Crippen MR) is 97.1 cm³/mol. The maximum absolute atomic E-state index is 13.0. The van der Waals surface area contributed by atoms with Crippen LogP contribution in [0.1, 0.15) is 21.7 Å². The zero-order valence-electron chi connectivity index (χ0n) is 14.6. The first-order valence-electron chi connectivity index (χ1n) is 8.16. The molecule has 0 aliphatic heterocycles. The lowest BCUT2D eigenvalue weighted by Gasteiger charge is -2.15. The first-order valence-corrected chi connectivity index (χ1v) is 8.16. The van der Waals surface area contributed by atoms with Crippen molar-refractivity contribution in [3.8, 4) is 5.69 Å². The molecular weight excluding hydrogens is 373 g/mol. The Morgan fingerprint density at radius 1 is 1.04 bits per heavy atom. The summed E-state index contributed by atoms with van der Waals surface area (Å²) >= 11 is 0. The Balaban J connectivity index is 1.88. The molecule has 3 rings (SSSR count). The predicted octanol–water partition coefficient (Wildman–Crippen LogP) is 3.32. The maximum Gasteiger partial charge on any atom is 0.418 e. The summed E-state index contributed by atoms with van der Waals surface area (Å²) in [5.41, 5.74) is 3.05. The first kappa shape index (κ1) is 19.2. The second-order valence-electron chi connectivity index (χ2n) is 5.87. The lowest BCUT2D eigenvalue weighted by atomic mass is 10.2. The number of nitrogens with one attached hydrogen (secondary N) is 2. The number of carbonyl (C=O) groups excluding carboxylic acids is 1. The fourth-order valence-corrected chi connectivity index (χ4v) is 2.56. The summed E-state index contributed by atoms with van der Waals surface area (Å²) in [7, 11) is 0. The number of benzene rings is 2. The summed E-state index contributed by atoms with van der Waals surface area (Å²) in [4.78, 5) is 24.5. The number of aromatic nitrogens is 2. The van der Waals surface area contributed by atoms with Gasteiger partial charge in [0.25, 0.3) is 5.91 Å². The summed E-state index contributed by atoms with van der Waals surface area (Å²) in [5, 5.41) is 4.06. The van der Waals surface area contributed by atoms with E-state index >= 15 is 0 Å². The lowest BCUT2D eigenvalue weighted by Crippen LogP contribution is -2.36. The van der Waals surface area contributed by atoms with Crippen molar-refractivity contribution in [2.75, 3.05) is 5.43 Å². The van der Waals surface area contributed by atoms with Crippen LogP contribution >= 0.6 is 0 Å². The Labute approximate surface area is 157 Å². The number of anilines is 1. The normalized spacial score (nSPS) is 11.1. The molecule has 1 heterocycles. The van der Waals surface area contributed by atoms with Gasteiger partial charge >= 0.3 is 6.18 Å². The molecular formula is C19H15F3N4O2. The quantitative estimate of drug-likeness (QED) is 0.673. The number of amides is 1. The van der Waals surface area contributed by atoms with Crippen molar-refractivity contribution in [3.63, 3.8) is 0 Å². The first-order chi connectivity index (χ1) is 13.3. The van der Waals surface area contributed by atoms with E-state index in [0.717, 1.165) is 12.1 Å². The number of hydrazine groups is 1. The van der Waals surface area contributed by atoms with Crippen molar-refractivity contribution in [2.24, 2.45) is 0 Å². The number of rotatable bonds is 4. The van der Waals surface area contributed by atoms with Crippen molar-refractivity contribution >= 4 is 11.6 Å². The summed E-state index contributed by atoms with van der Waals surface area (Å²) in [6.45, 7) is 1.65. The van der Waals surface area contributed by atoms with Gasteiger partial charge in [0.15, 0.2) is 5.69 Å². The number of para-hydroxylation sites is 2. The molecule has 0 saturated heterocycles. The lowest BCUT2D eigenvalue weighted by molar-refractivity contribution is -0.137. The Kier molecular flexibility index (Phi) is 5.16. The summed E-state index contributed by atoms with van der Waals surface area (Å²) in [6, 6.07) is 14.7. The third kappa shape index (κ3) is 4.03. The molecule has 0 radical (unpaired) electrons. The van der Waals surface area contributed by atoms with E-state index in [2.05, 4.69) is 16.0 Å². The highest BCUT2D eigenvalue weighted by Gasteiger charge is 2.33. The number of alkyl halides is 3. The van der Waals surface area contributed by atoms with E-state index in [9.17, 15) is 22.8 Å². The van der Waals surface area contributed by atoms with Crippen LogP contribution in [0.15, 0.2) is 65.5 Å². The SMILES string of the molecule is Cc1cc(=O)c(C(=O)NNc2ccccc2C(F)(F)F)nn1-c1ccccc1. The summed E-state index contributed by atoms with van der Waals surface area (Å²) in [5.74, 6) is -0.952. The van der Waals surface area contributed by atoms with E-state index in [-0.39, 0.29) is 5.69 Å². The molecule has 0 saturated carbocycles. The molecule has 0 aliphatic rings. The van der Waals surface area contributed by atoms with Crippen LogP contribution in [0.5, 0.6) is 0 Å². The average Bonchev–Trinajstić information content (AvgIpc) is 2.66. The number of nitrogens with zero attached hydrogens (tertiary/aromatic N) is 2. The molecule has 1 aromatic heterocycles. The van der Waals surface area contributed by atoms with Crippen LogP contribution in [0, 0.1) is 6.92 Å². The summed E-state index contributed by atoms with van der Waals surface area (Å²) < 4.78 is 40.5. The average molecular weight is 388 g/mol. The van der Waals surface area contributed by atoms with E-state index < -0.39 is 28.8 Å². The van der Waals surface area contributed by atoms with Gasteiger partial charge in [-0.25, -0.2) is 4.68 Å². The Bertz CT molecular complexity index is 1060. The molecule has 1 amide bonds. The monoisotopic (exact) mass is 388 g/mol. The van der Waals surface area contributed by atoms with E-state index in [1.54, 1.807) is 37.3 Å². The van der Waals surface area contributed by atoms with Crippen LogP contribution < -0.4 is 16.3 Å². The molecule has 0 spiro atoms. The van der Waals surface area contributed by atoms with Gasteiger partial charge in [-0.05, 0) is 31.2 Å². The molecule has 0 bridgehead atoms. The number of halogens is 3. The molecule has 0 atom stereocenters. The van der Waals surface area contributed by atoms with Gasteiger partial charge in [-0.1, -0.05) is 30.3 Å². The smallest absolute Gasteiger partial charge is 0.298 e. The highest BCUT2D eigenvalue weighted by Crippen LogP contribution is 2.34. The van der Waals surface area contributed by atoms with Crippen LogP contribution in [0.25, 0.3) is 5.69 Å². The highest BCUT2D eigenvalue weighted by atomic mass is 19.4. The zero-order valence-corrected chi connectivity index (χ0v) is 14.6. The van der Waals surface area contributed by atoms with Gasteiger partial charge < -0.3 is 0 Å². The van der Waals surface area contributed by atoms with Crippen molar-refractivity contribution in [3.05, 3.63) is 87.8 Å². The molecule has 3 aromatic rings. The number of hydrogen-bond donors (Lipinski definition) is 2. The fraction of sp³-hybridized carbons (Fsp3) is 0.105. The molecule has 0 unspecified atom stereocenters. The van der Waals surface area contributed by atoms with Crippen LogP contribution in [0.4, 0.5) is 18.9 Å². The van der Waals surface area contributed by atoms with Crippen molar-refractivity contribution in [2.45, 2.75) is 13.1 Å². The molecule has 2 aromatic carbocycles. The largest absolute Gasteiger partial charge is 0.418 e. The van der Waals surface area contributed by atoms with Gasteiger partial charge in [0.2, 0.25) is 5.43 Å². The molecule has 6 nitrogen and oxygen atoms in total. The standard InChI is InChI=1S/C19H15F3N4O2/c1-12-11-16(27)17(25-26(12)13-7-3-2-4-8-13)18(28)24-23-15-10-6-5-9-14(15)19(20,21)22/h2-11,23H,1H3,(H,24,28). The molecule has 2 N–H and O–H groups in total. The van der Waals surface area contributed by atoms with Gasteiger partial charge in [-0.3, -0.25) is 20.4 Å². The van der Waals surface area contributed by atoms with Gasteiger partial charge in [-0.2, -0.15) is 18.3 Å². The van der Waals surface area contributed by atoms with E-state index in [0.29, 0.717) is 11.4 Å². The van der Waals surface area contributed by atoms with Crippen LogP contribution in [0.2, 0.25) is 0 Å². The fourth-order valence-electron chi connectivity index (χ4n) is 2.56. The molecule has 0 aliphatic carbocycles. The Hall–Kier alpha value is -3.62. The third-order valence-corrected chi connectivity index (χ3v) is 3.87. The van der Waals surface area contributed by atoms with Gasteiger partial charge in [0.1, 0.15) is 0 Å². The molecule has 28 heavy (non-hydrogen) atoms. The Morgan fingerprint density at radius 3 is 2.36 bits per heavy atom. The van der Waals surface area contributed by atoms with Gasteiger partial charge in [0.05, 0.1) is 16.9 Å². The van der Waals surface area contributed by atoms with Crippen LogP contribution in [-0.4, -0.2) is 15.7 Å². The van der Waals surface area contributed by atoms with Crippen LogP contribution in [0.3, 0.4) is 0 Å². The Morgan fingerprint density at radius 2 is 1.68 bits per heavy atom. The van der Waals surface area contributed by atoms with Crippen molar-refractivity contribution in [1.82, 2.24) is 15.2 Å². The minimum absolute atomic E-state index is 0.348. The minimum Gasteiger partial charge on any atom is -0.298 e. The number of aryl methyl sites for hydroxylation is 1. The maximum atomic E-state index is 13.0. The minimum atomic E-state index is -4.60. The third-order valence-electron chi connectivity index (χ3n) is 3.87.